The normalized spacial score (nSPS) is 16.4. The molecule has 0 spiro atoms. The molecule has 0 aliphatic carbocycles. The third kappa shape index (κ3) is 0.778. The summed E-state index contributed by atoms with van der Waals surface area (Å²) >= 11 is 0. The zero-order valence-corrected chi connectivity index (χ0v) is 5.49. The summed E-state index contributed by atoms with van der Waals surface area (Å²) in [6.07, 6.45) is 1.71. The van der Waals surface area contributed by atoms with Crippen LogP contribution in [0.25, 0.3) is 0 Å². The fraction of sp³-hybridized carbons (Fsp3) is 0.125. The molecule has 50 valence electrons. The van der Waals surface area contributed by atoms with Crippen molar-refractivity contribution in [2.24, 2.45) is 5.10 Å². The molecule has 10 heavy (non-hydrogen) atoms. The van der Waals surface area contributed by atoms with E-state index in [1.54, 1.807) is 6.21 Å². The maximum absolute atomic E-state index is 7.24. The quantitative estimate of drug-likeness (QED) is 0.563. The van der Waals surface area contributed by atoms with Gasteiger partial charge in [0.15, 0.2) is 1.41 Å². The van der Waals surface area contributed by atoms with Crippen molar-refractivity contribution < 1.29 is 1.41 Å². The maximum Gasteiger partial charge on any atom is 0.184 e. The van der Waals surface area contributed by atoms with E-state index in [2.05, 4.69) is 5.10 Å². The molecular formula is C8H8N2. The van der Waals surface area contributed by atoms with Gasteiger partial charge in [-0.2, -0.15) is 5.10 Å². The van der Waals surface area contributed by atoms with Crippen LogP contribution in [0.15, 0.2) is 29.4 Å². The van der Waals surface area contributed by atoms with Crippen LogP contribution in [0, 0.1) is 0 Å². The van der Waals surface area contributed by atoms with Gasteiger partial charge in [0.1, 0.15) is 0 Å². The highest BCUT2D eigenvalue weighted by atomic mass is 15.3. The highest BCUT2D eigenvalue weighted by Crippen LogP contribution is 2.07. The number of nitrogens with one attached hydrogen (secondary N) is 1. The predicted molar refractivity (Wildman–Crippen MR) is 40.9 cm³/mol. The summed E-state index contributed by atoms with van der Waals surface area (Å²) in [5, 5.41) is 3.85. The molecule has 0 amide bonds. The van der Waals surface area contributed by atoms with Crippen LogP contribution in [-0.2, 0) is 6.54 Å². The molecular weight excluding hydrogens is 124 g/mol. The second kappa shape index (κ2) is 2.14. The molecule has 1 aromatic rings. The van der Waals surface area contributed by atoms with Crippen molar-refractivity contribution in [1.29, 1.82) is 0 Å². The standard InChI is InChI=1S/C8H8N2/c1-2-4-8-6-10-9-5-7(8)3-1/h1-5,10H,6H2/i/hD. The van der Waals surface area contributed by atoms with Gasteiger partial charge >= 0.3 is 0 Å². The Morgan fingerprint density at radius 1 is 1.50 bits per heavy atom. The molecule has 2 rings (SSSR count). The van der Waals surface area contributed by atoms with Crippen molar-refractivity contribution in [2.75, 3.05) is 0 Å². The zero-order valence-electron chi connectivity index (χ0n) is 6.49. The lowest BCUT2D eigenvalue weighted by Gasteiger charge is -2.09. The third-order valence-electron chi connectivity index (χ3n) is 1.57. The van der Waals surface area contributed by atoms with Crippen LogP contribution >= 0.6 is 0 Å². The number of hydrogen-bond donors (Lipinski definition) is 1. The number of fused-ring (bicyclic) bond motifs is 1. The van der Waals surface area contributed by atoms with Crippen LogP contribution in [0.1, 0.15) is 11.1 Å². The molecule has 2 nitrogen and oxygen atoms in total. The van der Waals surface area contributed by atoms with Gasteiger partial charge in [0.05, 0.1) is 12.8 Å². The summed E-state index contributed by atoms with van der Waals surface area (Å²) in [5.74, 6) is 0. The van der Waals surface area contributed by atoms with Gasteiger partial charge in [-0.1, -0.05) is 24.3 Å². The molecule has 2 heteroatoms. The lowest BCUT2D eigenvalue weighted by Crippen LogP contribution is -2.12. The van der Waals surface area contributed by atoms with Gasteiger partial charge in [0, 0.05) is 0 Å². The lowest BCUT2D eigenvalue weighted by atomic mass is 10.1. The van der Waals surface area contributed by atoms with E-state index in [4.69, 9.17) is 1.41 Å². The second-order valence-electron chi connectivity index (χ2n) is 2.24. The van der Waals surface area contributed by atoms with Gasteiger partial charge in [-0.05, 0) is 11.1 Å². The maximum atomic E-state index is 7.24. The molecule has 0 aromatic heterocycles. The van der Waals surface area contributed by atoms with Crippen molar-refractivity contribution >= 4 is 6.21 Å². The van der Waals surface area contributed by atoms with E-state index in [9.17, 15) is 0 Å². The number of rotatable bonds is 0. The smallest absolute Gasteiger partial charge is 0.184 e. The Labute approximate surface area is 61.0 Å². The first kappa shape index (κ1) is 4.50. The predicted octanol–water partition coefficient (Wildman–Crippen LogP) is 1.12. The van der Waals surface area contributed by atoms with Crippen LogP contribution in [0.4, 0.5) is 0 Å². The van der Waals surface area contributed by atoms with Gasteiger partial charge in [-0.3, -0.25) is 0 Å². The molecule has 0 unspecified atom stereocenters. The molecule has 1 heterocycles. The fourth-order valence-electron chi connectivity index (χ4n) is 1.02. The summed E-state index contributed by atoms with van der Waals surface area (Å²) in [4.78, 5) is 0. The molecule has 0 fully saturated rings. The van der Waals surface area contributed by atoms with Crippen LogP contribution in [0.2, 0.25) is 1.41 Å². The Hall–Kier alpha value is -1.31. The molecule has 0 atom stereocenters. The molecule has 0 radical (unpaired) electrons. The molecule has 0 saturated heterocycles. The summed E-state index contributed by atoms with van der Waals surface area (Å²) < 4.78 is 7.24. The number of hydrazone groups is 1. The molecule has 0 saturated carbocycles. The summed E-state index contributed by atoms with van der Waals surface area (Å²) in [7, 11) is 0. The Kier molecular flexibility index (Phi) is 0.961. The van der Waals surface area contributed by atoms with Gasteiger partial charge in [0.2, 0.25) is 0 Å². The minimum absolute atomic E-state index is 0.590. The van der Waals surface area contributed by atoms with E-state index in [1.165, 1.54) is 5.42 Å². The van der Waals surface area contributed by atoms with E-state index in [1.807, 2.05) is 24.3 Å². The molecule has 1 aliphatic heterocycles. The summed E-state index contributed by atoms with van der Waals surface area (Å²) in [6.45, 7) is 0.590. The topological polar surface area (TPSA) is 24.4 Å². The zero-order chi connectivity index (χ0) is 7.68. The fourth-order valence-corrected chi connectivity index (χ4v) is 1.02. The van der Waals surface area contributed by atoms with Gasteiger partial charge in [-0.15, -0.1) is 0 Å². The molecule has 1 aromatic carbocycles. The largest absolute Gasteiger partial charge is 0.306 e. The Morgan fingerprint density at radius 3 is 3.40 bits per heavy atom. The number of hydrogen-bond acceptors (Lipinski definition) is 2. The highest BCUT2D eigenvalue weighted by molar-refractivity contribution is 5.82. The molecule has 0 bridgehead atoms. The Bertz CT molecular complexity index is 296. The van der Waals surface area contributed by atoms with Crippen molar-refractivity contribution in [3.63, 3.8) is 0 Å². The molecule has 1 aliphatic rings. The van der Waals surface area contributed by atoms with Crippen molar-refractivity contribution in [3.05, 3.63) is 35.4 Å². The number of benzene rings is 1. The monoisotopic (exact) mass is 133 g/mol. The molecule has 1 N–H and O–H groups in total. The Morgan fingerprint density at radius 2 is 2.40 bits per heavy atom. The van der Waals surface area contributed by atoms with Crippen LogP contribution in [0.3, 0.4) is 0 Å². The van der Waals surface area contributed by atoms with Crippen molar-refractivity contribution in [1.82, 2.24) is 5.42 Å². The van der Waals surface area contributed by atoms with Crippen LogP contribution in [0.5, 0.6) is 0 Å². The third-order valence-corrected chi connectivity index (χ3v) is 1.57. The average molecular weight is 133 g/mol. The van der Waals surface area contributed by atoms with E-state index in [0.29, 0.717) is 6.54 Å². The van der Waals surface area contributed by atoms with Crippen LogP contribution < -0.4 is 5.42 Å². The van der Waals surface area contributed by atoms with Crippen molar-refractivity contribution in [2.45, 2.75) is 6.54 Å². The number of nitrogens with zero attached hydrogens (tertiary/aromatic N) is 1. The van der Waals surface area contributed by atoms with Gasteiger partial charge in [-0.25, -0.2) is 0 Å². The second-order valence-corrected chi connectivity index (χ2v) is 2.24. The van der Waals surface area contributed by atoms with E-state index in [0.717, 1.165) is 11.1 Å². The Balaban J connectivity index is 2.46. The first-order valence-corrected chi connectivity index (χ1v) is 3.24. The first-order chi connectivity index (χ1) is 5.36. The summed E-state index contributed by atoms with van der Waals surface area (Å²) in [5.41, 5.74) is 3.47. The van der Waals surface area contributed by atoms with Crippen molar-refractivity contribution in [3.8, 4) is 0 Å². The minimum Gasteiger partial charge on any atom is -0.306 e. The lowest BCUT2D eigenvalue weighted by molar-refractivity contribution is 0.735. The van der Waals surface area contributed by atoms with Gasteiger partial charge in [0.25, 0.3) is 0 Å². The SMILES string of the molecule is [2H]N1Cc2ccccc2C=N1. The first-order valence-electron chi connectivity index (χ1n) is 3.69. The van der Waals surface area contributed by atoms with E-state index < -0.39 is 0 Å². The highest BCUT2D eigenvalue weighted by Gasteiger charge is 2.00. The van der Waals surface area contributed by atoms with Gasteiger partial charge < -0.3 is 5.42 Å². The average Bonchev–Trinajstić information content (AvgIpc) is 2.04. The summed E-state index contributed by atoms with van der Waals surface area (Å²) in [6, 6.07) is 7.98. The van der Waals surface area contributed by atoms with Crippen LogP contribution in [-0.4, -0.2) is 6.21 Å². The minimum atomic E-state index is 0.590. The van der Waals surface area contributed by atoms with E-state index >= 15 is 0 Å². The van der Waals surface area contributed by atoms with E-state index in [-0.39, 0.29) is 0 Å².